The van der Waals surface area contributed by atoms with Gasteiger partial charge in [0.05, 0.1) is 5.75 Å². The van der Waals surface area contributed by atoms with Gasteiger partial charge in [0, 0.05) is 5.56 Å². The van der Waals surface area contributed by atoms with Crippen molar-refractivity contribution in [1.82, 2.24) is 25.1 Å². The molecule has 112 valence electrons. The van der Waals surface area contributed by atoms with Gasteiger partial charge in [0.2, 0.25) is 11.8 Å². The van der Waals surface area contributed by atoms with Crippen LogP contribution in [0.15, 0.2) is 46.6 Å². The Morgan fingerprint density at radius 3 is 2.68 bits per heavy atom. The molecule has 0 bridgehead atoms. The monoisotopic (exact) mass is 316 g/mol. The lowest BCUT2D eigenvalue weighted by Crippen LogP contribution is -2.23. The van der Waals surface area contributed by atoms with Crippen LogP contribution in [0, 0.1) is 6.92 Å². The Balaban J connectivity index is 1.57. The minimum absolute atomic E-state index is 0.147. The molecule has 0 aliphatic heterocycles. The van der Waals surface area contributed by atoms with E-state index < -0.39 is 0 Å². The Kier molecular flexibility index (Phi) is 4.15. The van der Waals surface area contributed by atoms with Crippen LogP contribution in [0.25, 0.3) is 11.5 Å². The van der Waals surface area contributed by atoms with Crippen molar-refractivity contribution in [3.8, 4) is 11.5 Å². The molecule has 0 aliphatic carbocycles. The highest BCUT2D eigenvalue weighted by Crippen LogP contribution is 2.23. The van der Waals surface area contributed by atoms with E-state index in [2.05, 4.69) is 25.8 Å². The summed E-state index contributed by atoms with van der Waals surface area (Å²) in [7, 11) is 0. The summed E-state index contributed by atoms with van der Waals surface area (Å²) in [6.45, 7) is 2.01. The van der Waals surface area contributed by atoms with Gasteiger partial charge in [-0.2, -0.15) is 0 Å². The van der Waals surface area contributed by atoms with Crippen molar-refractivity contribution in [2.45, 2.75) is 12.1 Å². The van der Waals surface area contributed by atoms with Crippen molar-refractivity contribution in [2.24, 2.45) is 0 Å². The number of amides is 1. The highest BCUT2D eigenvalue weighted by atomic mass is 32.2. The number of hydrogen-bond acceptors (Lipinski definition) is 7. The highest BCUT2D eigenvalue weighted by Gasteiger charge is 2.11. The molecule has 0 unspecified atom stereocenters. The number of carbonyl (C=O) groups excluding carboxylic acids is 1. The maximum Gasteiger partial charge on any atom is 0.277 e. The van der Waals surface area contributed by atoms with E-state index in [0.717, 1.165) is 22.9 Å². The standard InChI is InChI=1S/C13H12N6O2S/c1-9-2-4-10(5-3-9)12-16-17-13(21-12)22-6-11(20)18-19-7-14-15-8-19/h2-5,7-8H,6H2,1H3,(H,18,20). The first-order valence-electron chi connectivity index (χ1n) is 6.38. The predicted molar refractivity (Wildman–Crippen MR) is 79.6 cm³/mol. The summed E-state index contributed by atoms with van der Waals surface area (Å²) in [5, 5.41) is 15.4. The van der Waals surface area contributed by atoms with Crippen LogP contribution in [0.2, 0.25) is 0 Å². The van der Waals surface area contributed by atoms with E-state index in [9.17, 15) is 4.79 Å². The van der Waals surface area contributed by atoms with E-state index in [1.807, 2.05) is 31.2 Å². The molecule has 8 nitrogen and oxygen atoms in total. The molecule has 0 saturated carbocycles. The molecule has 1 aromatic carbocycles. The van der Waals surface area contributed by atoms with Gasteiger partial charge in [-0.05, 0) is 19.1 Å². The zero-order valence-corrected chi connectivity index (χ0v) is 12.4. The van der Waals surface area contributed by atoms with Gasteiger partial charge < -0.3 is 4.42 Å². The molecule has 0 atom stereocenters. The van der Waals surface area contributed by atoms with Gasteiger partial charge in [-0.25, -0.2) is 4.68 Å². The highest BCUT2D eigenvalue weighted by molar-refractivity contribution is 7.99. The Labute approximate surface area is 129 Å². The molecule has 22 heavy (non-hydrogen) atoms. The fourth-order valence-corrected chi connectivity index (χ4v) is 2.20. The van der Waals surface area contributed by atoms with Crippen molar-refractivity contribution in [2.75, 3.05) is 11.2 Å². The van der Waals surface area contributed by atoms with Crippen LogP contribution < -0.4 is 5.43 Å². The average Bonchev–Trinajstić information content (AvgIpc) is 3.17. The van der Waals surface area contributed by atoms with Crippen molar-refractivity contribution in [1.29, 1.82) is 0 Å². The third-order valence-electron chi connectivity index (χ3n) is 2.70. The summed E-state index contributed by atoms with van der Waals surface area (Å²) >= 11 is 1.16. The van der Waals surface area contributed by atoms with Gasteiger partial charge in [0.1, 0.15) is 12.7 Å². The van der Waals surface area contributed by atoms with E-state index in [1.54, 1.807) is 0 Å². The summed E-state index contributed by atoms with van der Waals surface area (Å²) in [5.74, 6) is 0.356. The molecule has 0 saturated heterocycles. The summed E-state index contributed by atoms with van der Waals surface area (Å²) in [4.78, 5) is 11.7. The SMILES string of the molecule is Cc1ccc(-c2nnc(SCC(=O)Nn3cnnc3)o2)cc1. The molecule has 1 amide bonds. The number of aryl methyl sites for hydroxylation is 1. The number of benzene rings is 1. The van der Waals surface area contributed by atoms with Gasteiger partial charge >= 0.3 is 0 Å². The molecule has 2 heterocycles. The second kappa shape index (κ2) is 6.39. The maximum absolute atomic E-state index is 11.7. The minimum Gasteiger partial charge on any atom is -0.411 e. The maximum atomic E-state index is 11.7. The smallest absolute Gasteiger partial charge is 0.277 e. The number of carbonyl (C=O) groups is 1. The topological polar surface area (TPSA) is 98.7 Å². The van der Waals surface area contributed by atoms with E-state index in [4.69, 9.17) is 4.42 Å². The number of hydrogen-bond donors (Lipinski definition) is 1. The lowest BCUT2D eigenvalue weighted by Gasteiger charge is -2.01. The predicted octanol–water partition coefficient (Wildman–Crippen LogP) is 1.50. The molecular weight excluding hydrogens is 304 g/mol. The summed E-state index contributed by atoms with van der Waals surface area (Å²) in [6, 6.07) is 7.77. The Hall–Kier alpha value is -2.68. The minimum atomic E-state index is -0.222. The van der Waals surface area contributed by atoms with E-state index in [1.165, 1.54) is 17.3 Å². The first kappa shape index (κ1) is 14.3. The number of thioether (sulfide) groups is 1. The third-order valence-corrected chi connectivity index (χ3v) is 3.52. The first-order chi connectivity index (χ1) is 10.7. The molecule has 0 radical (unpaired) electrons. The second-order valence-corrected chi connectivity index (χ2v) is 5.36. The summed E-state index contributed by atoms with van der Waals surface area (Å²) < 4.78 is 6.89. The van der Waals surface area contributed by atoms with Crippen molar-refractivity contribution >= 4 is 17.7 Å². The van der Waals surface area contributed by atoms with E-state index in [0.29, 0.717) is 11.1 Å². The van der Waals surface area contributed by atoms with Gasteiger partial charge in [0.25, 0.3) is 5.22 Å². The van der Waals surface area contributed by atoms with Crippen LogP contribution >= 0.6 is 11.8 Å². The number of rotatable bonds is 5. The van der Waals surface area contributed by atoms with Crippen LogP contribution in [0.5, 0.6) is 0 Å². The number of nitrogens with zero attached hydrogens (tertiary/aromatic N) is 5. The lowest BCUT2D eigenvalue weighted by atomic mass is 10.1. The van der Waals surface area contributed by atoms with Crippen molar-refractivity contribution < 1.29 is 9.21 Å². The molecule has 3 rings (SSSR count). The average molecular weight is 316 g/mol. The lowest BCUT2D eigenvalue weighted by molar-refractivity contribution is -0.114. The third kappa shape index (κ3) is 3.50. The molecule has 2 aromatic heterocycles. The molecule has 0 spiro atoms. The molecule has 9 heteroatoms. The summed E-state index contributed by atoms with van der Waals surface area (Å²) in [5.41, 5.74) is 4.58. The van der Waals surface area contributed by atoms with Crippen molar-refractivity contribution in [3.63, 3.8) is 0 Å². The van der Waals surface area contributed by atoms with Crippen LogP contribution in [-0.2, 0) is 4.79 Å². The van der Waals surface area contributed by atoms with Crippen LogP contribution in [0.3, 0.4) is 0 Å². The van der Waals surface area contributed by atoms with Gasteiger partial charge in [-0.3, -0.25) is 10.2 Å². The van der Waals surface area contributed by atoms with Crippen LogP contribution in [-0.4, -0.2) is 36.7 Å². The van der Waals surface area contributed by atoms with Crippen LogP contribution in [0.4, 0.5) is 0 Å². The second-order valence-electron chi connectivity index (χ2n) is 4.43. The Morgan fingerprint density at radius 2 is 1.95 bits per heavy atom. The zero-order valence-electron chi connectivity index (χ0n) is 11.6. The molecule has 3 aromatic rings. The van der Waals surface area contributed by atoms with E-state index in [-0.39, 0.29) is 11.7 Å². The largest absolute Gasteiger partial charge is 0.411 e. The Bertz CT molecular complexity index is 753. The van der Waals surface area contributed by atoms with E-state index >= 15 is 0 Å². The molecular formula is C13H12N6O2S. The quantitative estimate of drug-likeness (QED) is 0.712. The molecule has 0 fully saturated rings. The van der Waals surface area contributed by atoms with Crippen molar-refractivity contribution in [3.05, 3.63) is 42.5 Å². The molecule has 0 aliphatic rings. The molecule has 1 N–H and O–H groups in total. The normalized spacial score (nSPS) is 10.6. The number of aromatic nitrogens is 5. The fourth-order valence-electron chi connectivity index (χ4n) is 1.64. The zero-order chi connectivity index (χ0) is 15.4. The van der Waals surface area contributed by atoms with Gasteiger partial charge in [-0.1, -0.05) is 29.5 Å². The van der Waals surface area contributed by atoms with Gasteiger partial charge in [0.15, 0.2) is 0 Å². The van der Waals surface area contributed by atoms with Crippen LogP contribution in [0.1, 0.15) is 5.56 Å². The van der Waals surface area contributed by atoms with Gasteiger partial charge in [-0.15, -0.1) is 20.4 Å². The fraction of sp³-hybridized carbons (Fsp3) is 0.154. The summed E-state index contributed by atoms with van der Waals surface area (Å²) in [6.07, 6.45) is 2.79. The Morgan fingerprint density at radius 1 is 1.23 bits per heavy atom. The number of nitrogens with one attached hydrogen (secondary N) is 1. The first-order valence-corrected chi connectivity index (χ1v) is 7.37.